The van der Waals surface area contributed by atoms with Crippen LogP contribution in [0.4, 0.5) is 0 Å². The standard InChI is InChI=1S/C28H28O4/c1-3-18(17-21-15-10-14-20-13-8-9-16-23(20)21)27-26(30)25(29)24(28(31)32-27)22(4-2)19-11-6-5-7-12-19/h5-16,18,22,27,29H,3-4,17H2,1-2H3. The van der Waals surface area contributed by atoms with E-state index < -0.39 is 23.6 Å². The second-order valence-electron chi connectivity index (χ2n) is 8.33. The van der Waals surface area contributed by atoms with Crippen molar-refractivity contribution in [1.82, 2.24) is 0 Å². The van der Waals surface area contributed by atoms with Crippen LogP contribution < -0.4 is 0 Å². The number of carbonyl (C=O) groups excluding carboxylic acids is 2. The van der Waals surface area contributed by atoms with E-state index in [4.69, 9.17) is 4.74 Å². The molecule has 0 aromatic heterocycles. The Bertz CT molecular complexity index is 1160. The summed E-state index contributed by atoms with van der Waals surface area (Å²) in [6, 6.07) is 23.7. The Balaban J connectivity index is 1.65. The first-order chi connectivity index (χ1) is 15.5. The first kappa shape index (κ1) is 21.8. The average Bonchev–Trinajstić information content (AvgIpc) is 2.83. The molecule has 32 heavy (non-hydrogen) atoms. The van der Waals surface area contributed by atoms with Crippen LogP contribution in [0.15, 0.2) is 84.1 Å². The number of esters is 1. The number of Topliss-reactive ketones (excluding diaryl/α,β-unsaturated/α-hetero) is 1. The minimum absolute atomic E-state index is 0.0694. The van der Waals surface area contributed by atoms with Gasteiger partial charge in [-0.25, -0.2) is 4.79 Å². The molecule has 4 rings (SSSR count). The van der Waals surface area contributed by atoms with Gasteiger partial charge in [0.05, 0.1) is 5.57 Å². The molecule has 0 saturated heterocycles. The van der Waals surface area contributed by atoms with Crippen LogP contribution in [0.25, 0.3) is 10.8 Å². The van der Waals surface area contributed by atoms with Crippen LogP contribution in [-0.2, 0) is 20.7 Å². The van der Waals surface area contributed by atoms with Gasteiger partial charge >= 0.3 is 5.97 Å². The predicted octanol–water partition coefficient (Wildman–Crippen LogP) is 5.91. The fraction of sp³-hybridized carbons (Fsp3) is 0.286. The third-order valence-electron chi connectivity index (χ3n) is 6.47. The Labute approximate surface area is 188 Å². The number of ether oxygens (including phenoxy) is 1. The third kappa shape index (κ3) is 4.05. The van der Waals surface area contributed by atoms with Crippen LogP contribution in [0.5, 0.6) is 0 Å². The highest BCUT2D eigenvalue weighted by Crippen LogP contribution is 2.36. The topological polar surface area (TPSA) is 63.6 Å². The maximum atomic E-state index is 13.2. The van der Waals surface area contributed by atoms with Gasteiger partial charge in [0.15, 0.2) is 11.9 Å². The lowest BCUT2D eigenvalue weighted by atomic mass is 9.82. The summed E-state index contributed by atoms with van der Waals surface area (Å²) < 4.78 is 5.72. The summed E-state index contributed by atoms with van der Waals surface area (Å²) >= 11 is 0. The van der Waals surface area contributed by atoms with E-state index in [1.54, 1.807) is 0 Å². The summed E-state index contributed by atoms with van der Waals surface area (Å²) in [4.78, 5) is 26.2. The maximum Gasteiger partial charge on any atom is 0.339 e. The van der Waals surface area contributed by atoms with Gasteiger partial charge in [-0.3, -0.25) is 4.79 Å². The van der Waals surface area contributed by atoms with Gasteiger partial charge in [0.1, 0.15) is 0 Å². The molecule has 3 atom stereocenters. The van der Waals surface area contributed by atoms with Crippen molar-refractivity contribution in [3.05, 3.63) is 95.3 Å². The van der Waals surface area contributed by atoms with Crippen LogP contribution >= 0.6 is 0 Å². The highest BCUT2D eigenvalue weighted by atomic mass is 16.6. The highest BCUT2D eigenvalue weighted by molar-refractivity contribution is 6.09. The Morgan fingerprint density at radius 2 is 1.56 bits per heavy atom. The number of hydrogen-bond acceptors (Lipinski definition) is 4. The van der Waals surface area contributed by atoms with E-state index in [1.807, 2.05) is 68.4 Å². The second kappa shape index (κ2) is 9.39. The fourth-order valence-corrected chi connectivity index (χ4v) is 4.72. The molecule has 1 N–H and O–H groups in total. The first-order valence-corrected chi connectivity index (χ1v) is 11.2. The summed E-state index contributed by atoms with van der Waals surface area (Å²) in [5, 5.41) is 13.1. The van der Waals surface area contributed by atoms with Crippen LogP contribution in [0.1, 0.15) is 43.7 Å². The van der Waals surface area contributed by atoms with Gasteiger partial charge in [0.25, 0.3) is 0 Å². The molecule has 3 aromatic rings. The quantitative estimate of drug-likeness (QED) is 0.475. The van der Waals surface area contributed by atoms with Crippen LogP contribution in [-0.4, -0.2) is 23.0 Å². The maximum absolute atomic E-state index is 13.2. The van der Waals surface area contributed by atoms with Gasteiger partial charge in [-0.15, -0.1) is 0 Å². The molecule has 0 amide bonds. The molecule has 4 nitrogen and oxygen atoms in total. The summed E-state index contributed by atoms with van der Waals surface area (Å²) in [5.74, 6) is -2.15. The number of rotatable bonds is 7. The van der Waals surface area contributed by atoms with Crippen LogP contribution in [0.2, 0.25) is 0 Å². The number of carbonyl (C=O) groups is 2. The van der Waals surface area contributed by atoms with Crippen molar-refractivity contribution in [2.75, 3.05) is 0 Å². The minimum Gasteiger partial charge on any atom is -0.504 e. The van der Waals surface area contributed by atoms with E-state index in [-0.39, 0.29) is 17.4 Å². The molecule has 1 aliphatic rings. The second-order valence-corrected chi connectivity index (χ2v) is 8.33. The Hall–Kier alpha value is -3.40. The zero-order valence-electron chi connectivity index (χ0n) is 18.5. The molecule has 3 aromatic carbocycles. The minimum atomic E-state index is -0.983. The van der Waals surface area contributed by atoms with Crippen molar-refractivity contribution in [2.45, 2.75) is 45.1 Å². The Morgan fingerprint density at radius 3 is 2.28 bits per heavy atom. The number of fused-ring (bicyclic) bond motifs is 1. The first-order valence-electron chi connectivity index (χ1n) is 11.2. The smallest absolute Gasteiger partial charge is 0.339 e. The molecule has 0 spiro atoms. The molecule has 1 aliphatic heterocycles. The number of cyclic esters (lactones) is 1. The normalized spacial score (nSPS) is 18.5. The van der Waals surface area contributed by atoms with Gasteiger partial charge in [0, 0.05) is 11.8 Å². The summed E-state index contributed by atoms with van der Waals surface area (Å²) in [6.45, 7) is 3.91. The predicted molar refractivity (Wildman–Crippen MR) is 125 cm³/mol. The molecule has 0 saturated carbocycles. The molecule has 164 valence electrons. The van der Waals surface area contributed by atoms with E-state index in [2.05, 4.69) is 18.2 Å². The van der Waals surface area contributed by atoms with E-state index in [0.717, 1.165) is 21.9 Å². The lowest BCUT2D eigenvalue weighted by Gasteiger charge is -2.31. The van der Waals surface area contributed by atoms with Gasteiger partial charge in [0.2, 0.25) is 5.78 Å². The Morgan fingerprint density at radius 1 is 0.875 bits per heavy atom. The summed E-state index contributed by atoms with van der Waals surface area (Å²) in [7, 11) is 0. The molecule has 4 heteroatoms. The van der Waals surface area contributed by atoms with Crippen molar-refractivity contribution in [3.63, 3.8) is 0 Å². The van der Waals surface area contributed by atoms with Gasteiger partial charge < -0.3 is 9.84 Å². The van der Waals surface area contributed by atoms with Crippen LogP contribution in [0, 0.1) is 5.92 Å². The highest BCUT2D eigenvalue weighted by Gasteiger charge is 2.43. The van der Waals surface area contributed by atoms with Crippen LogP contribution in [0.3, 0.4) is 0 Å². The average molecular weight is 429 g/mol. The molecular formula is C28H28O4. The molecular weight excluding hydrogens is 400 g/mol. The molecule has 0 radical (unpaired) electrons. The number of hydrogen-bond donors (Lipinski definition) is 1. The molecule has 0 bridgehead atoms. The summed E-state index contributed by atoms with van der Waals surface area (Å²) in [6.07, 6.45) is 0.818. The molecule has 1 heterocycles. The Kier molecular flexibility index (Phi) is 6.40. The number of aliphatic hydroxyl groups excluding tert-OH is 1. The zero-order valence-corrected chi connectivity index (χ0v) is 18.5. The van der Waals surface area contributed by atoms with Crippen molar-refractivity contribution >= 4 is 22.5 Å². The van der Waals surface area contributed by atoms with Gasteiger partial charge in [-0.05, 0) is 41.2 Å². The van der Waals surface area contributed by atoms with Gasteiger partial charge in [-0.2, -0.15) is 0 Å². The third-order valence-corrected chi connectivity index (χ3v) is 6.47. The van der Waals surface area contributed by atoms with Crippen molar-refractivity contribution < 1.29 is 19.4 Å². The number of aliphatic hydroxyl groups is 1. The summed E-state index contributed by atoms with van der Waals surface area (Å²) in [5.41, 5.74) is 2.05. The lowest BCUT2D eigenvalue weighted by molar-refractivity contribution is -0.158. The zero-order chi connectivity index (χ0) is 22.7. The monoisotopic (exact) mass is 428 g/mol. The molecule has 0 aliphatic carbocycles. The van der Waals surface area contributed by atoms with E-state index in [0.29, 0.717) is 19.3 Å². The van der Waals surface area contributed by atoms with Crippen molar-refractivity contribution in [1.29, 1.82) is 0 Å². The van der Waals surface area contributed by atoms with Crippen molar-refractivity contribution in [3.8, 4) is 0 Å². The van der Waals surface area contributed by atoms with E-state index >= 15 is 0 Å². The van der Waals surface area contributed by atoms with Gasteiger partial charge in [-0.1, -0.05) is 86.6 Å². The van der Waals surface area contributed by atoms with E-state index in [9.17, 15) is 14.7 Å². The van der Waals surface area contributed by atoms with Crippen molar-refractivity contribution in [2.24, 2.45) is 5.92 Å². The number of benzene rings is 3. The number of ketones is 1. The van der Waals surface area contributed by atoms with E-state index in [1.165, 1.54) is 0 Å². The molecule has 0 fully saturated rings. The largest absolute Gasteiger partial charge is 0.504 e. The fourth-order valence-electron chi connectivity index (χ4n) is 4.72. The molecule has 3 unspecified atom stereocenters. The lowest BCUT2D eigenvalue weighted by Crippen LogP contribution is -2.42. The SMILES string of the molecule is CCC(C1=C(O)C(=O)C(C(CC)Cc2cccc3ccccc23)OC1=O)c1ccccc1.